The van der Waals surface area contributed by atoms with Crippen molar-refractivity contribution in [3.05, 3.63) is 73.7 Å². The number of hydrogen-bond acceptors (Lipinski definition) is 3. The van der Waals surface area contributed by atoms with Crippen LogP contribution in [0.15, 0.2) is 36.4 Å². The summed E-state index contributed by atoms with van der Waals surface area (Å²) in [4.78, 5) is 12.5. The average Bonchev–Trinajstić information content (AvgIpc) is 2.78. The number of carbonyl (C=O) groups is 1. The number of allylic oxidation sites excluding steroid dienone is 1. The second-order valence-electron chi connectivity index (χ2n) is 8.27. The molecule has 0 aliphatic carbocycles. The number of benzene rings is 2. The lowest BCUT2D eigenvalue weighted by atomic mass is 9.95. The van der Waals surface area contributed by atoms with Gasteiger partial charge in [-0.15, -0.1) is 0 Å². The first kappa shape index (κ1) is 33.1. The second-order valence-corrected chi connectivity index (χ2v) is 11.7. The molecular formula is C23H18Cl3F8NO3S. The highest BCUT2D eigenvalue weighted by molar-refractivity contribution is 7.91. The molecule has 1 N–H and O–H groups in total. The fourth-order valence-corrected chi connectivity index (χ4v) is 5.29. The maximum Gasteiger partial charge on any atom is 0.417 e. The van der Waals surface area contributed by atoms with Gasteiger partial charge in [-0.05, 0) is 42.8 Å². The number of hydrogen-bond donors (Lipinski definition) is 1. The number of amides is 1. The Morgan fingerprint density at radius 3 is 2.08 bits per heavy atom. The lowest BCUT2D eigenvalue weighted by Crippen LogP contribution is -2.39. The van der Waals surface area contributed by atoms with E-state index < -0.39 is 86.3 Å². The van der Waals surface area contributed by atoms with Crippen LogP contribution in [0.2, 0.25) is 15.1 Å². The number of halogens is 11. The molecule has 0 aromatic heterocycles. The normalized spacial score (nSPS) is 14.7. The zero-order valence-electron chi connectivity index (χ0n) is 19.5. The molecule has 1 amide bonds. The first-order valence-electron chi connectivity index (χ1n) is 10.6. The Hall–Kier alpha value is -2.09. The summed E-state index contributed by atoms with van der Waals surface area (Å²) in [6, 6.07) is 1.65. The average molecular weight is 647 g/mol. The van der Waals surface area contributed by atoms with E-state index in [9.17, 15) is 48.3 Å². The van der Waals surface area contributed by atoms with Crippen LogP contribution in [-0.2, 0) is 16.0 Å². The molecule has 0 radical (unpaired) electrons. The molecule has 2 unspecified atom stereocenters. The Labute approximate surface area is 232 Å². The Bertz CT molecular complexity index is 1340. The SMILES string of the molecule is CC(CS(=O)(=O)CCF)NC(=O)c1ccc(/C(F)=C/C(c2cc(Cl)c(Cl)c(Cl)c2)C(F)(F)F)cc1C(F)(F)F. The molecule has 0 aliphatic rings. The first-order chi connectivity index (χ1) is 17.8. The fraction of sp³-hybridized carbons (Fsp3) is 0.348. The van der Waals surface area contributed by atoms with E-state index in [4.69, 9.17) is 34.8 Å². The van der Waals surface area contributed by atoms with Crippen molar-refractivity contribution in [1.82, 2.24) is 5.32 Å². The van der Waals surface area contributed by atoms with Crippen LogP contribution in [0.1, 0.15) is 39.9 Å². The number of rotatable bonds is 9. The van der Waals surface area contributed by atoms with Crippen LogP contribution < -0.4 is 5.32 Å². The molecule has 0 saturated carbocycles. The summed E-state index contributed by atoms with van der Waals surface area (Å²) in [6.45, 7) is -0.0423. The third kappa shape index (κ3) is 8.95. The number of carbonyl (C=O) groups excluding carboxylic acids is 1. The molecule has 0 spiro atoms. The molecular weight excluding hydrogens is 629 g/mol. The van der Waals surface area contributed by atoms with Crippen LogP contribution in [0.25, 0.3) is 5.83 Å². The third-order valence-electron chi connectivity index (χ3n) is 5.15. The minimum Gasteiger partial charge on any atom is -0.349 e. The van der Waals surface area contributed by atoms with E-state index >= 15 is 0 Å². The highest BCUT2D eigenvalue weighted by Gasteiger charge is 2.41. The monoisotopic (exact) mass is 645 g/mol. The fourth-order valence-electron chi connectivity index (χ4n) is 3.43. The predicted molar refractivity (Wildman–Crippen MR) is 132 cm³/mol. The highest BCUT2D eigenvalue weighted by Crippen LogP contribution is 2.42. The van der Waals surface area contributed by atoms with Gasteiger partial charge in [-0.3, -0.25) is 4.79 Å². The zero-order chi connectivity index (χ0) is 29.9. The number of sulfone groups is 1. The number of nitrogens with one attached hydrogen (secondary N) is 1. The molecule has 216 valence electrons. The zero-order valence-corrected chi connectivity index (χ0v) is 22.6. The van der Waals surface area contributed by atoms with Crippen molar-refractivity contribution < 1.29 is 48.3 Å². The van der Waals surface area contributed by atoms with E-state index in [1.165, 1.54) is 0 Å². The van der Waals surface area contributed by atoms with Gasteiger partial charge in [-0.2, -0.15) is 26.3 Å². The van der Waals surface area contributed by atoms with E-state index in [1.807, 2.05) is 5.32 Å². The van der Waals surface area contributed by atoms with Crippen molar-refractivity contribution >= 4 is 56.4 Å². The summed E-state index contributed by atoms with van der Waals surface area (Å²) in [5.74, 6) is -7.40. The smallest absolute Gasteiger partial charge is 0.349 e. The van der Waals surface area contributed by atoms with E-state index in [-0.39, 0.29) is 27.2 Å². The molecule has 4 nitrogen and oxygen atoms in total. The Morgan fingerprint density at radius 2 is 1.59 bits per heavy atom. The molecule has 0 saturated heterocycles. The summed E-state index contributed by atoms with van der Waals surface area (Å²) in [5, 5.41) is 1.03. The van der Waals surface area contributed by atoms with Crippen LogP contribution in [-0.4, -0.2) is 44.7 Å². The van der Waals surface area contributed by atoms with Crippen molar-refractivity contribution in [1.29, 1.82) is 0 Å². The van der Waals surface area contributed by atoms with Crippen LogP contribution in [0, 0.1) is 0 Å². The maximum absolute atomic E-state index is 15.0. The van der Waals surface area contributed by atoms with E-state index in [2.05, 4.69) is 0 Å². The quantitative estimate of drug-likeness (QED) is 0.223. The van der Waals surface area contributed by atoms with E-state index in [0.29, 0.717) is 12.1 Å². The van der Waals surface area contributed by atoms with Gasteiger partial charge >= 0.3 is 12.4 Å². The van der Waals surface area contributed by atoms with Gasteiger partial charge in [-0.25, -0.2) is 17.2 Å². The van der Waals surface area contributed by atoms with Crippen LogP contribution >= 0.6 is 34.8 Å². The summed E-state index contributed by atoms with van der Waals surface area (Å²) in [6.07, 6.45) is -10.4. The summed E-state index contributed by atoms with van der Waals surface area (Å²) in [7, 11) is -3.95. The summed E-state index contributed by atoms with van der Waals surface area (Å²) >= 11 is 17.3. The Morgan fingerprint density at radius 1 is 1.03 bits per heavy atom. The lowest BCUT2D eigenvalue weighted by molar-refractivity contribution is -0.140. The second kappa shape index (κ2) is 12.6. The Balaban J connectivity index is 2.49. The molecule has 2 atom stereocenters. The van der Waals surface area contributed by atoms with Gasteiger partial charge in [0.25, 0.3) is 5.91 Å². The molecule has 0 aliphatic heterocycles. The molecule has 0 heterocycles. The van der Waals surface area contributed by atoms with Crippen LogP contribution in [0.3, 0.4) is 0 Å². The van der Waals surface area contributed by atoms with Crippen molar-refractivity contribution in [2.24, 2.45) is 0 Å². The molecule has 2 rings (SSSR count). The van der Waals surface area contributed by atoms with Crippen molar-refractivity contribution in [2.75, 3.05) is 18.2 Å². The standard InChI is InChI=1S/C23H18Cl3F8NO3S/c1-11(10-39(37,38)5-4-27)35-21(36)14-3-2-12(6-16(14)23(32,33)34)19(28)9-15(22(29,30)31)13-7-17(24)20(26)18(25)8-13/h2-3,6-9,11,15H,4-5,10H2,1H3,(H,35,36)/b19-9-. The van der Waals surface area contributed by atoms with Gasteiger partial charge < -0.3 is 5.32 Å². The van der Waals surface area contributed by atoms with Crippen molar-refractivity contribution in [3.8, 4) is 0 Å². The van der Waals surface area contributed by atoms with Gasteiger partial charge in [0, 0.05) is 11.6 Å². The summed E-state index contributed by atoms with van der Waals surface area (Å²) < 4.78 is 133. The largest absolute Gasteiger partial charge is 0.417 e. The van der Waals surface area contributed by atoms with Gasteiger partial charge in [0.05, 0.1) is 37.7 Å². The van der Waals surface area contributed by atoms with Gasteiger partial charge in [0.2, 0.25) is 0 Å². The van der Waals surface area contributed by atoms with E-state index in [0.717, 1.165) is 19.1 Å². The van der Waals surface area contributed by atoms with Crippen LogP contribution in [0.4, 0.5) is 35.1 Å². The van der Waals surface area contributed by atoms with Crippen molar-refractivity contribution in [3.63, 3.8) is 0 Å². The maximum atomic E-state index is 15.0. The lowest BCUT2D eigenvalue weighted by Gasteiger charge is -2.19. The summed E-state index contributed by atoms with van der Waals surface area (Å²) in [5.41, 5.74) is -4.31. The molecule has 2 aromatic rings. The molecule has 39 heavy (non-hydrogen) atoms. The molecule has 0 fully saturated rings. The highest BCUT2D eigenvalue weighted by atomic mass is 35.5. The first-order valence-corrected chi connectivity index (χ1v) is 13.6. The predicted octanol–water partition coefficient (Wildman–Crippen LogP) is 7.82. The van der Waals surface area contributed by atoms with Gasteiger partial charge in [-0.1, -0.05) is 40.9 Å². The van der Waals surface area contributed by atoms with Gasteiger partial charge in [0.15, 0.2) is 9.84 Å². The molecule has 2 aromatic carbocycles. The van der Waals surface area contributed by atoms with Crippen molar-refractivity contribution in [2.45, 2.75) is 31.2 Å². The number of alkyl halides is 7. The van der Waals surface area contributed by atoms with Crippen LogP contribution in [0.5, 0.6) is 0 Å². The minimum absolute atomic E-state index is 0.0168. The topological polar surface area (TPSA) is 63.2 Å². The molecule has 16 heteroatoms. The minimum atomic E-state index is -5.26. The third-order valence-corrected chi connectivity index (χ3v) is 8.13. The Kier molecular flexibility index (Phi) is 10.7. The van der Waals surface area contributed by atoms with Gasteiger partial charge in [0.1, 0.15) is 18.4 Å². The molecule has 0 bridgehead atoms. The van der Waals surface area contributed by atoms with E-state index in [1.54, 1.807) is 0 Å².